The SMILES string of the molecule is CC(C(=O)N1CCOCC1)n1c(N)nc2cc(I)ccc21. The number of morpholine rings is 1. The molecule has 1 aliphatic rings. The Balaban J connectivity index is 1.95. The summed E-state index contributed by atoms with van der Waals surface area (Å²) in [6, 6.07) is 5.55. The fraction of sp³-hybridized carbons (Fsp3) is 0.429. The van der Waals surface area contributed by atoms with E-state index in [9.17, 15) is 4.79 Å². The minimum absolute atomic E-state index is 0.0582. The van der Waals surface area contributed by atoms with Crippen LogP contribution in [0.25, 0.3) is 11.0 Å². The topological polar surface area (TPSA) is 73.4 Å². The van der Waals surface area contributed by atoms with Crippen LogP contribution in [0.2, 0.25) is 0 Å². The second-order valence-electron chi connectivity index (χ2n) is 5.09. The molecule has 1 saturated heterocycles. The molecule has 0 aliphatic carbocycles. The molecule has 2 heterocycles. The minimum atomic E-state index is -0.367. The molecular weight excluding hydrogens is 383 g/mol. The van der Waals surface area contributed by atoms with Gasteiger partial charge in [0, 0.05) is 16.7 Å². The lowest BCUT2D eigenvalue weighted by atomic mass is 10.2. The smallest absolute Gasteiger partial charge is 0.245 e. The maximum Gasteiger partial charge on any atom is 0.245 e. The van der Waals surface area contributed by atoms with E-state index < -0.39 is 0 Å². The number of amides is 1. The Hall–Kier alpha value is -1.35. The standard InChI is InChI=1S/C14H17IN4O2/c1-9(13(20)18-4-6-21-7-5-18)19-12-3-2-10(15)8-11(12)17-14(19)16/h2-3,8-9H,4-7H2,1H3,(H2,16,17). The number of imidazole rings is 1. The van der Waals surface area contributed by atoms with E-state index in [-0.39, 0.29) is 11.9 Å². The summed E-state index contributed by atoms with van der Waals surface area (Å²) in [7, 11) is 0. The molecule has 112 valence electrons. The van der Waals surface area contributed by atoms with Gasteiger partial charge in [-0.3, -0.25) is 9.36 Å². The quantitative estimate of drug-likeness (QED) is 0.779. The van der Waals surface area contributed by atoms with Crippen LogP contribution in [0.15, 0.2) is 18.2 Å². The van der Waals surface area contributed by atoms with Crippen molar-refractivity contribution in [3.8, 4) is 0 Å². The number of nitrogens with two attached hydrogens (primary N) is 1. The molecule has 1 aromatic carbocycles. The second-order valence-corrected chi connectivity index (χ2v) is 6.33. The van der Waals surface area contributed by atoms with Crippen LogP contribution < -0.4 is 5.73 Å². The third-order valence-corrected chi connectivity index (χ3v) is 4.42. The van der Waals surface area contributed by atoms with Gasteiger partial charge in [-0.1, -0.05) is 0 Å². The van der Waals surface area contributed by atoms with E-state index in [2.05, 4.69) is 27.6 Å². The van der Waals surface area contributed by atoms with Crippen LogP contribution in [0.1, 0.15) is 13.0 Å². The summed E-state index contributed by atoms with van der Waals surface area (Å²) in [5.74, 6) is 0.434. The van der Waals surface area contributed by atoms with Gasteiger partial charge in [0.2, 0.25) is 11.9 Å². The summed E-state index contributed by atoms with van der Waals surface area (Å²) in [5.41, 5.74) is 7.74. The van der Waals surface area contributed by atoms with E-state index in [4.69, 9.17) is 10.5 Å². The van der Waals surface area contributed by atoms with Crippen molar-refractivity contribution in [3.05, 3.63) is 21.8 Å². The molecule has 6 nitrogen and oxygen atoms in total. The van der Waals surface area contributed by atoms with Crippen molar-refractivity contribution in [2.45, 2.75) is 13.0 Å². The molecule has 1 atom stereocenters. The number of nitrogen functional groups attached to an aromatic ring is 1. The zero-order valence-corrected chi connectivity index (χ0v) is 13.9. The Morgan fingerprint density at radius 1 is 1.43 bits per heavy atom. The number of nitrogens with zero attached hydrogens (tertiary/aromatic N) is 3. The number of benzene rings is 1. The first-order valence-corrected chi connectivity index (χ1v) is 7.95. The van der Waals surface area contributed by atoms with Crippen molar-refractivity contribution in [1.82, 2.24) is 14.5 Å². The van der Waals surface area contributed by atoms with Crippen LogP contribution in [0, 0.1) is 3.57 Å². The molecular formula is C14H17IN4O2. The van der Waals surface area contributed by atoms with Crippen molar-refractivity contribution in [3.63, 3.8) is 0 Å². The lowest BCUT2D eigenvalue weighted by molar-refractivity contribution is -0.138. The Kier molecular flexibility index (Phi) is 4.03. The predicted octanol–water partition coefficient (Wildman–Crippen LogP) is 1.64. The first kappa shape index (κ1) is 14.6. The van der Waals surface area contributed by atoms with Crippen LogP contribution in [0.3, 0.4) is 0 Å². The Morgan fingerprint density at radius 3 is 2.86 bits per heavy atom. The maximum absolute atomic E-state index is 12.6. The number of hydrogen-bond acceptors (Lipinski definition) is 4. The number of fused-ring (bicyclic) bond motifs is 1. The molecule has 0 radical (unpaired) electrons. The zero-order chi connectivity index (χ0) is 15.0. The van der Waals surface area contributed by atoms with Crippen molar-refractivity contribution in [2.75, 3.05) is 32.0 Å². The average molecular weight is 400 g/mol. The highest BCUT2D eigenvalue weighted by Crippen LogP contribution is 2.25. The van der Waals surface area contributed by atoms with Gasteiger partial charge < -0.3 is 15.4 Å². The fourth-order valence-electron chi connectivity index (χ4n) is 2.66. The second kappa shape index (κ2) is 5.80. The molecule has 2 aromatic rings. The number of carbonyl (C=O) groups excluding carboxylic acids is 1. The van der Waals surface area contributed by atoms with Crippen molar-refractivity contribution in [2.24, 2.45) is 0 Å². The summed E-state index contributed by atoms with van der Waals surface area (Å²) in [6.07, 6.45) is 0. The summed E-state index contributed by atoms with van der Waals surface area (Å²) in [6.45, 7) is 4.32. The zero-order valence-electron chi connectivity index (χ0n) is 11.8. The highest BCUT2D eigenvalue weighted by atomic mass is 127. The van der Waals surface area contributed by atoms with Gasteiger partial charge in [-0.25, -0.2) is 4.98 Å². The van der Waals surface area contributed by atoms with Gasteiger partial charge in [0.05, 0.1) is 24.2 Å². The van der Waals surface area contributed by atoms with E-state index in [1.54, 1.807) is 0 Å². The third-order valence-electron chi connectivity index (χ3n) is 3.75. The van der Waals surface area contributed by atoms with E-state index in [0.29, 0.717) is 32.3 Å². The van der Waals surface area contributed by atoms with Crippen LogP contribution in [0.4, 0.5) is 5.95 Å². The number of aromatic nitrogens is 2. The number of ether oxygens (including phenoxy) is 1. The Bertz CT molecular complexity index is 679. The van der Waals surface area contributed by atoms with Gasteiger partial charge in [-0.2, -0.15) is 0 Å². The highest BCUT2D eigenvalue weighted by molar-refractivity contribution is 14.1. The maximum atomic E-state index is 12.6. The molecule has 2 N–H and O–H groups in total. The van der Waals surface area contributed by atoms with E-state index in [0.717, 1.165) is 14.6 Å². The monoisotopic (exact) mass is 400 g/mol. The van der Waals surface area contributed by atoms with E-state index >= 15 is 0 Å². The van der Waals surface area contributed by atoms with Gasteiger partial charge in [0.15, 0.2) is 0 Å². The van der Waals surface area contributed by atoms with Crippen molar-refractivity contribution in [1.29, 1.82) is 0 Å². The minimum Gasteiger partial charge on any atom is -0.378 e. The molecule has 3 rings (SSSR count). The third kappa shape index (κ3) is 2.71. The molecule has 1 amide bonds. The molecule has 21 heavy (non-hydrogen) atoms. The lowest BCUT2D eigenvalue weighted by Crippen LogP contribution is -2.43. The number of rotatable bonds is 2. The number of hydrogen-bond donors (Lipinski definition) is 1. The molecule has 7 heteroatoms. The largest absolute Gasteiger partial charge is 0.378 e. The molecule has 0 bridgehead atoms. The first-order valence-electron chi connectivity index (χ1n) is 6.87. The van der Waals surface area contributed by atoms with E-state index in [1.807, 2.05) is 34.6 Å². The Morgan fingerprint density at radius 2 is 2.14 bits per heavy atom. The molecule has 1 fully saturated rings. The first-order chi connectivity index (χ1) is 10.1. The molecule has 1 aromatic heterocycles. The predicted molar refractivity (Wildman–Crippen MR) is 89.0 cm³/mol. The number of carbonyl (C=O) groups is 1. The number of halogens is 1. The highest BCUT2D eigenvalue weighted by Gasteiger charge is 2.26. The Labute approximate surface area is 136 Å². The van der Waals surface area contributed by atoms with Gasteiger partial charge >= 0.3 is 0 Å². The van der Waals surface area contributed by atoms with E-state index in [1.165, 1.54) is 0 Å². The van der Waals surface area contributed by atoms with Crippen molar-refractivity contribution < 1.29 is 9.53 Å². The normalized spacial score (nSPS) is 17.1. The summed E-state index contributed by atoms with van der Waals surface area (Å²) in [4.78, 5) is 18.8. The molecule has 0 spiro atoms. The van der Waals surface area contributed by atoms with Crippen molar-refractivity contribution >= 4 is 45.5 Å². The fourth-order valence-corrected chi connectivity index (χ4v) is 3.13. The van der Waals surface area contributed by atoms with Crippen LogP contribution in [0.5, 0.6) is 0 Å². The van der Waals surface area contributed by atoms with Crippen LogP contribution in [-0.4, -0.2) is 46.7 Å². The van der Waals surface area contributed by atoms with Gasteiger partial charge in [-0.05, 0) is 47.7 Å². The molecule has 1 aliphatic heterocycles. The molecule has 0 saturated carbocycles. The van der Waals surface area contributed by atoms with Gasteiger partial charge in [-0.15, -0.1) is 0 Å². The van der Waals surface area contributed by atoms with Gasteiger partial charge in [0.25, 0.3) is 0 Å². The van der Waals surface area contributed by atoms with Crippen LogP contribution in [-0.2, 0) is 9.53 Å². The summed E-state index contributed by atoms with van der Waals surface area (Å²) in [5, 5.41) is 0. The number of anilines is 1. The summed E-state index contributed by atoms with van der Waals surface area (Å²) < 4.78 is 8.19. The molecule has 1 unspecified atom stereocenters. The lowest BCUT2D eigenvalue weighted by Gasteiger charge is -2.30. The van der Waals surface area contributed by atoms with Crippen LogP contribution >= 0.6 is 22.6 Å². The average Bonchev–Trinajstić information content (AvgIpc) is 2.81. The summed E-state index contributed by atoms with van der Waals surface area (Å²) >= 11 is 2.24. The van der Waals surface area contributed by atoms with Gasteiger partial charge in [0.1, 0.15) is 6.04 Å².